The van der Waals surface area contributed by atoms with E-state index in [0.29, 0.717) is 0 Å². The lowest BCUT2D eigenvalue weighted by Gasteiger charge is -2.21. The molecule has 78 valence electrons. The second kappa shape index (κ2) is 4.95. The third kappa shape index (κ3) is 6.26. The third-order valence-corrected chi connectivity index (χ3v) is 1.48. The fraction of sp³-hybridized carbons (Fsp3) is 0.800. The van der Waals surface area contributed by atoms with Crippen LogP contribution >= 0.6 is 0 Å². The number of halogens is 3. The van der Waals surface area contributed by atoms with Crippen LogP contribution in [-0.4, -0.2) is 25.4 Å². The summed E-state index contributed by atoms with van der Waals surface area (Å²) in [5, 5.41) is 0. The van der Waals surface area contributed by atoms with Crippen molar-refractivity contribution in [3.63, 3.8) is 0 Å². The number of guanidine groups is 1. The first-order valence-corrected chi connectivity index (χ1v) is 3.85. The van der Waals surface area contributed by atoms with Gasteiger partial charge in [-0.15, -0.1) is 0 Å². The number of rotatable bonds is 5. The fourth-order valence-electron chi connectivity index (χ4n) is 0.724. The number of hydrogen-bond donors (Lipinski definition) is 3. The van der Waals surface area contributed by atoms with Crippen molar-refractivity contribution >= 4 is 12.9 Å². The highest BCUT2D eigenvalue weighted by Gasteiger charge is 2.31. The molecule has 0 fully saturated rings. The molecule has 0 aliphatic rings. The topological polar surface area (TPSA) is 90.4 Å². The van der Waals surface area contributed by atoms with Crippen molar-refractivity contribution in [3.8, 4) is 0 Å². The van der Waals surface area contributed by atoms with E-state index in [1.54, 1.807) is 0 Å². The lowest BCUT2D eigenvalue weighted by atomic mass is 9.77. The minimum Gasteiger partial charge on any atom is -0.448 e. The zero-order valence-corrected chi connectivity index (χ0v) is 7.09. The molecule has 0 aromatic rings. The molecular weight excluding hydrogens is 184 g/mol. The van der Waals surface area contributed by atoms with Gasteiger partial charge in [0.1, 0.15) is 0 Å². The molecule has 8 heteroatoms. The van der Waals surface area contributed by atoms with Gasteiger partial charge in [0, 0.05) is 6.54 Å². The molecule has 0 saturated carbocycles. The molecule has 6 N–H and O–H groups in total. The maximum atomic E-state index is 11.9. The van der Waals surface area contributed by atoms with Crippen molar-refractivity contribution in [2.24, 2.45) is 22.2 Å². The van der Waals surface area contributed by atoms with Crippen LogP contribution in [0.25, 0.3) is 0 Å². The Bertz CT molecular complexity index is 177. The molecule has 0 aliphatic carbocycles. The summed E-state index contributed by atoms with van der Waals surface area (Å²) < 4.78 is 35.7. The molecule has 1 unspecified atom stereocenters. The van der Waals surface area contributed by atoms with Gasteiger partial charge in [0.05, 0.1) is 0 Å². The van der Waals surface area contributed by atoms with Crippen LogP contribution < -0.4 is 17.2 Å². The van der Waals surface area contributed by atoms with E-state index in [9.17, 15) is 12.9 Å². The normalized spacial score (nSPS) is 13.8. The van der Waals surface area contributed by atoms with Crippen LogP contribution in [0.15, 0.2) is 4.99 Å². The maximum Gasteiger partial charge on any atom is 0.494 e. The van der Waals surface area contributed by atoms with E-state index in [4.69, 9.17) is 17.2 Å². The third-order valence-electron chi connectivity index (χ3n) is 1.48. The van der Waals surface area contributed by atoms with Gasteiger partial charge < -0.3 is 30.1 Å². The fourth-order valence-corrected chi connectivity index (χ4v) is 0.724. The summed E-state index contributed by atoms with van der Waals surface area (Å²) in [6, 6.07) is 0. The largest absolute Gasteiger partial charge is 0.494 e. The summed E-state index contributed by atoms with van der Waals surface area (Å²) in [4.78, 5) is 3.53. The molecule has 4 nitrogen and oxygen atoms in total. The molecule has 0 saturated heterocycles. The zero-order valence-electron chi connectivity index (χ0n) is 7.09. The molecule has 0 aliphatic heterocycles. The van der Waals surface area contributed by atoms with Gasteiger partial charge in [-0.2, -0.15) is 0 Å². The standard InChI is InChI=1S/C5H13BF3N4/c7-6(8,9)4(10)2-1-3-13-5(11)12/h4H,1-3,10H2,(H4,11,12,13)/q-1. The van der Waals surface area contributed by atoms with Crippen LogP contribution in [0.3, 0.4) is 0 Å². The summed E-state index contributed by atoms with van der Waals surface area (Å²) in [6.45, 7) is -4.75. The predicted octanol–water partition coefficient (Wildman–Crippen LogP) is -0.246. The maximum absolute atomic E-state index is 11.9. The molecule has 0 aromatic heterocycles. The van der Waals surface area contributed by atoms with Crippen molar-refractivity contribution < 1.29 is 12.9 Å². The minimum absolute atomic E-state index is 0.119. The zero-order chi connectivity index (χ0) is 10.5. The lowest BCUT2D eigenvalue weighted by molar-refractivity contribution is 0.426. The van der Waals surface area contributed by atoms with Crippen LogP contribution in [0.4, 0.5) is 12.9 Å². The molecular formula is C5H13BF3N4-. The summed E-state index contributed by atoms with van der Waals surface area (Å²) in [7, 11) is 0. The van der Waals surface area contributed by atoms with Crippen molar-refractivity contribution in [2.75, 3.05) is 6.54 Å². The van der Waals surface area contributed by atoms with Gasteiger partial charge in [-0.25, -0.2) is 0 Å². The van der Waals surface area contributed by atoms with E-state index < -0.39 is 12.9 Å². The molecule has 0 amide bonds. The second-order valence-corrected chi connectivity index (χ2v) is 2.74. The van der Waals surface area contributed by atoms with E-state index in [1.807, 2.05) is 0 Å². The van der Waals surface area contributed by atoms with E-state index in [0.717, 1.165) is 0 Å². The number of nitrogens with zero attached hydrogens (tertiary/aromatic N) is 1. The van der Waals surface area contributed by atoms with E-state index >= 15 is 0 Å². The second-order valence-electron chi connectivity index (χ2n) is 2.74. The Kier molecular flexibility index (Phi) is 4.61. The number of aliphatic imine (C=N–C) groups is 1. The van der Waals surface area contributed by atoms with Crippen LogP contribution in [0, 0.1) is 0 Å². The highest BCUT2D eigenvalue weighted by Crippen LogP contribution is 2.15. The van der Waals surface area contributed by atoms with Gasteiger partial charge in [0.15, 0.2) is 5.96 Å². The molecule has 0 spiro atoms. The summed E-state index contributed by atoms with van der Waals surface area (Å²) in [5.41, 5.74) is 14.8. The van der Waals surface area contributed by atoms with Crippen molar-refractivity contribution in [3.05, 3.63) is 0 Å². The Morgan fingerprint density at radius 3 is 2.23 bits per heavy atom. The van der Waals surface area contributed by atoms with E-state index in [-0.39, 0.29) is 25.3 Å². The smallest absolute Gasteiger partial charge is 0.448 e. The van der Waals surface area contributed by atoms with Gasteiger partial charge in [-0.1, -0.05) is 6.42 Å². The van der Waals surface area contributed by atoms with Crippen LogP contribution in [0.2, 0.25) is 0 Å². The van der Waals surface area contributed by atoms with Crippen LogP contribution in [-0.2, 0) is 0 Å². The van der Waals surface area contributed by atoms with Gasteiger partial charge in [0.2, 0.25) is 0 Å². The summed E-state index contributed by atoms with van der Waals surface area (Å²) in [5.74, 6) is -1.85. The van der Waals surface area contributed by atoms with Gasteiger partial charge >= 0.3 is 6.98 Å². The van der Waals surface area contributed by atoms with Crippen molar-refractivity contribution in [1.82, 2.24) is 0 Å². The predicted molar refractivity (Wildman–Crippen MR) is 47.0 cm³/mol. The lowest BCUT2D eigenvalue weighted by Crippen LogP contribution is -2.42. The van der Waals surface area contributed by atoms with Gasteiger partial charge in [-0.3, -0.25) is 4.99 Å². The van der Waals surface area contributed by atoms with Gasteiger partial charge in [-0.05, 0) is 12.4 Å². The number of hydrogen-bond acceptors (Lipinski definition) is 2. The van der Waals surface area contributed by atoms with Gasteiger partial charge in [0.25, 0.3) is 0 Å². The highest BCUT2D eigenvalue weighted by atomic mass is 19.4. The molecule has 0 bridgehead atoms. The van der Waals surface area contributed by atoms with Crippen LogP contribution in [0.5, 0.6) is 0 Å². The Morgan fingerprint density at radius 2 is 1.85 bits per heavy atom. The van der Waals surface area contributed by atoms with E-state index in [1.165, 1.54) is 0 Å². The first-order chi connectivity index (χ1) is 5.84. The minimum atomic E-state index is -4.94. The Hall–Kier alpha value is -0.915. The molecule has 0 rings (SSSR count). The van der Waals surface area contributed by atoms with Crippen molar-refractivity contribution in [1.29, 1.82) is 0 Å². The molecule has 0 aromatic carbocycles. The molecule has 0 heterocycles. The molecule has 1 atom stereocenters. The SMILES string of the molecule is NC(N)=NCCCC(N)[B-](F)(F)F. The first kappa shape index (κ1) is 12.1. The van der Waals surface area contributed by atoms with E-state index in [2.05, 4.69) is 4.99 Å². The Morgan fingerprint density at radius 1 is 1.31 bits per heavy atom. The summed E-state index contributed by atoms with van der Waals surface area (Å²) >= 11 is 0. The monoisotopic (exact) mass is 197 g/mol. The summed E-state index contributed by atoms with van der Waals surface area (Å²) in [6.07, 6.45) is 0.0978. The quantitative estimate of drug-likeness (QED) is 0.245. The highest BCUT2D eigenvalue weighted by molar-refractivity contribution is 6.60. The van der Waals surface area contributed by atoms with Crippen LogP contribution in [0.1, 0.15) is 12.8 Å². The number of nitrogens with two attached hydrogens (primary N) is 3. The average molecular weight is 197 g/mol. The molecule has 0 radical (unpaired) electrons. The Balaban J connectivity index is 3.60. The molecule has 13 heavy (non-hydrogen) atoms. The van der Waals surface area contributed by atoms with Crippen molar-refractivity contribution in [2.45, 2.75) is 18.8 Å². The Labute approximate surface area is 74.4 Å². The first-order valence-electron chi connectivity index (χ1n) is 3.85. The average Bonchev–Trinajstić information content (AvgIpc) is 1.95.